The first-order valence-corrected chi connectivity index (χ1v) is 12.7. The fourth-order valence-corrected chi connectivity index (χ4v) is 5.22. The summed E-state index contributed by atoms with van der Waals surface area (Å²) in [5, 5.41) is 8.54. The molecule has 3 aromatic rings. The molecular formula is C26H32FN5O3. The summed E-state index contributed by atoms with van der Waals surface area (Å²) in [4.78, 5) is 11.6. The molecule has 35 heavy (non-hydrogen) atoms. The Morgan fingerprint density at radius 1 is 1.00 bits per heavy atom. The number of fused-ring (bicyclic) bond motifs is 1. The van der Waals surface area contributed by atoms with E-state index in [0.29, 0.717) is 46.3 Å². The molecular weight excluding hydrogens is 449 g/mol. The Balaban J connectivity index is 1.33. The lowest BCUT2D eigenvalue weighted by Gasteiger charge is -2.37. The highest BCUT2D eigenvalue weighted by Crippen LogP contribution is 2.39. The SMILES string of the molecule is Cc1noc(-c2c(N3CCC(NC4CCOCC4)CC3)nc3c(F)cc(OC4CC4)cc3c2C)n1. The highest BCUT2D eigenvalue weighted by molar-refractivity contribution is 5.93. The van der Waals surface area contributed by atoms with Crippen LogP contribution in [0.15, 0.2) is 16.7 Å². The summed E-state index contributed by atoms with van der Waals surface area (Å²) in [6.45, 7) is 7.09. The van der Waals surface area contributed by atoms with E-state index in [9.17, 15) is 0 Å². The van der Waals surface area contributed by atoms with Gasteiger partial charge in [-0.25, -0.2) is 9.37 Å². The van der Waals surface area contributed by atoms with Crippen molar-refractivity contribution in [3.63, 3.8) is 0 Å². The molecule has 8 nitrogen and oxygen atoms in total. The fraction of sp³-hybridized carbons (Fsp3) is 0.577. The van der Waals surface area contributed by atoms with Crippen molar-refractivity contribution in [3.05, 3.63) is 29.3 Å². The topological polar surface area (TPSA) is 85.5 Å². The van der Waals surface area contributed by atoms with Gasteiger partial charge in [-0.2, -0.15) is 4.98 Å². The Morgan fingerprint density at radius 3 is 2.43 bits per heavy atom. The molecule has 1 aliphatic carbocycles. The molecule has 2 aliphatic heterocycles. The van der Waals surface area contributed by atoms with Crippen LogP contribution >= 0.6 is 0 Å². The van der Waals surface area contributed by atoms with E-state index in [1.165, 1.54) is 6.07 Å². The number of halogens is 1. The van der Waals surface area contributed by atoms with Crippen molar-refractivity contribution in [2.45, 2.75) is 70.6 Å². The first-order chi connectivity index (χ1) is 17.0. The maximum absolute atomic E-state index is 15.3. The second-order valence-electron chi connectivity index (χ2n) is 10.0. The number of aryl methyl sites for hydroxylation is 2. The maximum Gasteiger partial charge on any atom is 0.261 e. The monoisotopic (exact) mass is 481 g/mol. The smallest absolute Gasteiger partial charge is 0.261 e. The molecule has 186 valence electrons. The number of benzene rings is 1. The summed E-state index contributed by atoms with van der Waals surface area (Å²) in [6, 6.07) is 4.33. The second kappa shape index (κ2) is 9.35. The summed E-state index contributed by atoms with van der Waals surface area (Å²) in [7, 11) is 0. The van der Waals surface area contributed by atoms with E-state index in [4.69, 9.17) is 19.0 Å². The van der Waals surface area contributed by atoms with Crippen LogP contribution in [0.5, 0.6) is 5.75 Å². The Hall–Kier alpha value is -2.78. The summed E-state index contributed by atoms with van der Waals surface area (Å²) >= 11 is 0. The van der Waals surface area contributed by atoms with E-state index in [1.807, 2.05) is 13.0 Å². The van der Waals surface area contributed by atoms with Gasteiger partial charge in [0, 0.05) is 49.8 Å². The molecule has 0 radical (unpaired) electrons. The summed E-state index contributed by atoms with van der Waals surface area (Å²) in [5.74, 6) is 1.86. The lowest BCUT2D eigenvalue weighted by molar-refractivity contribution is 0.0738. The number of nitrogens with one attached hydrogen (secondary N) is 1. The van der Waals surface area contributed by atoms with E-state index >= 15 is 4.39 Å². The third-order valence-corrected chi connectivity index (χ3v) is 7.31. The maximum atomic E-state index is 15.3. The van der Waals surface area contributed by atoms with Gasteiger partial charge in [-0.05, 0) is 64.0 Å². The van der Waals surface area contributed by atoms with Crippen LogP contribution in [0.25, 0.3) is 22.4 Å². The third kappa shape index (κ3) is 4.71. The van der Waals surface area contributed by atoms with E-state index < -0.39 is 0 Å². The third-order valence-electron chi connectivity index (χ3n) is 7.31. The van der Waals surface area contributed by atoms with Gasteiger partial charge in [-0.15, -0.1) is 0 Å². The minimum absolute atomic E-state index is 0.188. The average molecular weight is 482 g/mol. The number of piperidine rings is 1. The largest absolute Gasteiger partial charge is 0.490 e. The summed E-state index contributed by atoms with van der Waals surface area (Å²) in [5.41, 5.74) is 2.00. The lowest BCUT2D eigenvalue weighted by Crippen LogP contribution is -2.48. The van der Waals surface area contributed by atoms with Crippen LogP contribution in [0.1, 0.15) is 49.9 Å². The summed E-state index contributed by atoms with van der Waals surface area (Å²) in [6.07, 6.45) is 6.34. The van der Waals surface area contributed by atoms with Crippen LogP contribution < -0.4 is 15.0 Å². The van der Waals surface area contributed by atoms with Gasteiger partial charge in [0.2, 0.25) is 0 Å². The van der Waals surface area contributed by atoms with Gasteiger partial charge in [0.15, 0.2) is 11.6 Å². The van der Waals surface area contributed by atoms with Gasteiger partial charge in [-0.3, -0.25) is 0 Å². The molecule has 0 atom stereocenters. The second-order valence-corrected chi connectivity index (χ2v) is 10.0. The number of anilines is 1. The predicted molar refractivity (Wildman–Crippen MR) is 130 cm³/mol. The number of hydrogen-bond acceptors (Lipinski definition) is 8. The first kappa shape index (κ1) is 22.7. The fourth-order valence-electron chi connectivity index (χ4n) is 5.22. The van der Waals surface area contributed by atoms with E-state index in [1.54, 1.807) is 6.92 Å². The molecule has 1 aromatic carbocycles. The van der Waals surface area contributed by atoms with Crippen LogP contribution in [-0.2, 0) is 4.74 Å². The molecule has 0 bridgehead atoms. The van der Waals surface area contributed by atoms with Crippen molar-refractivity contribution in [2.75, 3.05) is 31.2 Å². The number of hydrogen-bond donors (Lipinski definition) is 1. The molecule has 3 aliphatic rings. The Labute approximate surface area is 204 Å². The Bertz CT molecular complexity index is 1210. The molecule has 3 fully saturated rings. The molecule has 2 saturated heterocycles. The zero-order valence-corrected chi connectivity index (χ0v) is 20.3. The molecule has 4 heterocycles. The average Bonchev–Trinajstić information content (AvgIpc) is 3.57. The van der Waals surface area contributed by atoms with Crippen LogP contribution in [0.3, 0.4) is 0 Å². The molecule has 1 saturated carbocycles. The Kier molecular flexibility index (Phi) is 6.06. The van der Waals surface area contributed by atoms with Gasteiger partial charge in [0.1, 0.15) is 17.1 Å². The predicted octanol–water partition coefficient (Wildman–Crippen LogP) is 4.32. The van der Waals surface area contributed by atoms with E-state index in [0.717, 1.165) is 76.0 Å². The van der Waals surface area contributed by atoms with Gasteiger partial charge in [-0.1, -0.05) is 5.16 Å². The zero-order valence-electron chi connectivity index (χ0n) is 20.3. The van der Waals surface area contributed by atoms with Crippen molar-refractivity contribution >= 4 is 16.7 Å². The lowest BCUT2D eigenvalue weighted by atomic mass is 9.99. The summed E-state index contributed by atoms with van der Waals surface area (Å²) < 4.78 is 32.3. The Morgan fingerprint density at radius 2 is 1.74 bits per heavy atom. The molecule has 2 aromatic heterocycles. The minimum atomic E-state index is -0.369. The number of aromatic nitrogens is 3. The molecule has 0 amide bonds. The minimum Gasteiger partial charge on any atom is -0.490 e. The van der Waals surface area contributed by atoms with Crippen molar-refractivity contribution in [1.29, 1.82) is 0 Å². The van der Waals surface area contributed by atoms with Crippen LogP contribution in [-0.4, -0.2) is 59.6 Å². The highest BCUT2D eigenvalue weighted by atomic mass is 19.1. The normalized spacial score (nSPS) is 20.0. The highest BCUT2D eigenvalue weighted by Gasteiger charge is 2.29. The molecule has 0 unspecified atom stereocenters. The van der Waals surface area contributed by atoms with Crippen molar-refractivity contribution in [3.8, 4) is 17.2 Å². The molecule has 0 spiro atoms. The molecule has 9 heteroatoms. The number of nitrogens with zero attached hydrogens (tertiary/aromatic N) is 4. The number of rotatable bonds is 6. The first-order valence-electron chi connectivity index (χ1n) is 12.7. The van der Waals surface area contributed by atoms with Gasteiger partial charge in [0.05, 0.1) is 11.7 Å². The van der Waals surface area contributed by atoms with Gasteiger partial charge >= 0.3 is 0 Å². The molecule has 1 N–H and O–H groups in total. The van der Waals surface area contributed by atoms with Crippen molar-refractivity contribution < 1.29 is 18.4 Å². The van der Waals surface area contributed by atoms with Gasteiger partial charge < -0.3 is 24.2 Å². The number of pyridine rings is 1. The standard InChI is InChI=1S/C26H32FN5O3/c1-15-21-13-20(34-19-3-4-19)14-22(27)24(21)30-25(23(15)26-28-16(2)31-35-26)32-9-5-17(6-10-32)29-18-7-11-33-12-8-18/h13-14,17-19,29H,3-12H2,1-2H3. The van der Waals surface area contributed by atoms with Crippen LogP contribution in [0.4, 0.5) is 10.2 Å². The van der Waals surface area contributed by atoms with Crippen LogP contribution in [0.2, 0.25) is 0 Å². The van der Waals surface area contributed by atoms with Crippen molar-refractivity contribution in [1.82, 2.24) is 20.4 Å². The van der Waals surface area contributed by atoms with Crippen LogP contribution in [0, 0.1) is 19.7 Å². The quantitative estimate of drug-likeness (QED) is 0.557. The van der Waals surface area contributed by atoms with E-state index in [2.05, 4.69) is 20.4 Å². The van der Waals surface area contributed by atoms with E-state index in [-0.39, 0.29) is 11.9 Å². The van der Waals surface area contributed by atoms with Gasteiger partial charge in [0.25, 0.3) is 5.89 Å². The van der Waals surface area contributed by atoms with Crippen molar-refractivity contribution in [2.24, 2.45) is 0 Å². The zero-order chi connectivity index (χ0) is 23.9. The number of ether oxygens (including phenoxy) is 2. The molecule has 6 rings (SSSR count).